The van der Waals surface area contributed by atoms with Crippen molar-refractivity contribution in [2.45, 2.75) is 112 Å². The summed E-state index contributed by atoms with van der Waals surface area (Å²) in [5.74, 6) is -2.14. The third kappa shape index (κ3) is 8.22. The number of alkyl carbamates (subject to hydrolysis) is 1. The number of rotatable bonds is 7. The van der Waals surface area contributed by atoms with Crippen LogP contribution in [0.4, 0.5) is 4.79 Å². The van der Waals surface area contributed by atoms with Gasteiger partial charge in [-0.05, 0) is 75.8 Å². The number of para-hydroxylation sites is 1. The van der Waals surface area contributed by atoms with E-state index in [4.69, 9.17) is 14.5 Å². The molecule has 2 aliphatic heterocycles. The van der Waals surface area contributed by atoms with Crippen molar-refractivity contribution in [1.29, 1.82) is 0 Å². The van der Waals surface area contributed by atoms with Gasteiger partial charge in [-0.3, -0.25) is 19.1 Å². The van der Waals surface area contributed by atoms with Gasteiger partial charge in [0.15, 0.2) is 0 Å². The van der Waals surface area contributed by atoms with Gasteiger partial charge in [-0.15, -0.1) is 6.58 Å². The first-order valence-electron chi connectivity index (χ1n) is 19.1. The molecule has 284 valence electrons. The predicted octanol–water partition coefficient (Wildman–Crippen LogP) is 4.51. The Balaban J connectivity index is 1.21. The maximum atomic E-state index is 14.7. The Morgan fingerprint density at radius 2 is 1.81 bits per heavy atom. The highest BCUT2D eigenvalue weighted by atomic mass is 32.2. The summed E-state index contributed by atoms with van der Waals surface area (Å²) in [6, 6.07) is 7.71. The molecular weight excluding hydrogens is 699 g/mol. The lowest BCUT2D eigenvalue weighted by atomic mass is 9.83. The molecule has 3 aliphatic carbocycles. The molecule has 0 spiro atoms. The third-order valence-corrected chi connectivity index (χ3v) is 13.1. The number of pyridine rings is 1. The van der Waals surface area contributed by atoms with E-state index in [9.17, 15) is 27.6 Å². The van der Waals surface area contributed by atoms with Crippen LogP contribution in [0.25, 0.3) is 17.0 Å². The van der Waals surface area contributed by atoms with Gasteiger partial charge in [0.05, 0.1) is 23.9 Å². The van der Waals surface area contributed by atoms with Gasteiger partial charge in [0.1, 0.15) is 23.7 Å². The summed E-state index contributed by atoms with van der Waals surface area (Å²) in [6.45, 7) is 4.04. The maximum Gasteiger partial charge on any atom is 0.407 e. The number of hydrogen-bond donors (Lipinski definition) is 3. The number of allylic oxidation sites excluding steroid dienone is 1. The molecule has 1 aromatic carbocycles. The molecule has 0 unspecified atom stereocenters. The molecule has 3 saturated carbocycles. The molecule has 4 amide bonds. The Bertz CT molecular complexity index is 1890. The second kappa shape index (κ2) is 15.5. The minimum atomic E-state index is -3.88. The summed E-state index contributed by atoms with van der Waals surface area (Å²) in [5, 5.41) is 6.02. The summed E-state index contributed by atoms with van der Waals surface area (Å²) >= 11 is 0. The molecule has 1 aromatic heterocycles. The normalized spacial score (nSPS) is 29.3. The zero-order valence-electron chi connectivity index (χ0n) is 30.0. The monoisotopic (exact) mass is 747 g/mol. The number of amides is 4. The van der Waals surface area contributed by atoms with E-state index in [0.29, 0.717) is 25.1 Å². The first-order valence-corrected chi connectivity index (χ1v) is 20.6. The van der Waals surface area contributed by atoms with Crippen LogP contribution in [-0.2, 0) is 29.1 Å². The first-order chi connectivity index (χ1) is 25.6. The minimum absolute atomic E-state index is 0.0225. The van der Waals surface area contributed by atoms with E-state index >= 15 is 0 Å². The van der Waals surface area contributed by atoms with Crippen molar-refractivity contribution in [2.75, 3.05) is 13.2 Å². The van der Waals surface area contributed by atoms with Gasteiger partial charge in [-0.25, -0.2) is 18.2 Å². The molecule has 7 rings (SSSR count). The van der Waals surface area contributed by atoms with Crippen molar-refractivity contribution >= 4 is 50.8 Å². The van der Waals surface area contributed by atoms with Crippen LogP contribution in [0.1, 0.15) is 89.0 Å². The van der Waals surface area contributed by atoms with Crippen molar-refractivity contribution in [1.82, 2.24) is 25.2 Å². The Morgan fingerprint density at radius 1 is 1.04 bits per heavy atom. The lowest BCUT2D eigenvalue weighted by Crippen LogP contribution is -2.59. The molecule has 2 bridgehead atoms. The van der Waals surface area contributed by atoms with Crippen LogP contribution in [-0.4, -0.2) is 84.2 Å². The summed E-state index contributed by atoms with van der Waals surface area (Å²) in [6.07, 6.45) is 13.0. The highest BCUT2D eigenvalue weighted by Gasteiger charge is 2.62. The van der Waals surface area contributed by atoms with Crippen molar-refractivity contribution in [2.24, 2.45) is 11.8 Å². The second-order valence-electron chi connectivity index (χ2n) is 15.1. The smallest absolute Gasteiger partial charge is 0.407 e. The molecule has 1 saturated heterocycles. The molecule has 0 radical (unpaired) electrons. The number of nitrogens with zero attached hydrogens (tertiary/aromatic N) is 2. The number of carbonyl (C=O) groups is 4. The molecular formula is C39H49N5O8S. The largest absolute Gasteiger partial charge is 0.472 e. The minimum Gasteiger partial charge on any atom is -0.472 e. The molecule has 5 atom stereocenters. The fourth-order valence-corrected chi connectivity index (χ4v) is 9.36. The number of benzene rings is 1. The van der Waals surface area contributed by atoms with Crippen molar-refractivity contribution in [3.63, 3.8) is 0 Å². The van der Waals surface area contributed by atoms with Crippen LogP contribution in [0.3, 0.4) is 0 Å². The van der Waals surface area contributed by atoms with E-state index in [1.54, 1.807) is 0 Å². The average molecular weight is 748 g/mol. The van der Waals surface area contributed by atoms with Gasteiger partial charge < -0.3 is 25.0 Å². The first kappa shape index (κ1) is 36.9. The number of ether oxygens (including phenoxy) is 2. The lowest BCUT2D eigenvalue weighted by Gasteiger charge is -2.34. The van der Waals surface area contributed by atoms with E-state index < -0.39 is 68.7 Å². The van der Waals surface area contributed by atoms with Crippen molar-refractivity contribution < 1.29 is 37.1 Å². The highest BCUT2D eigenvalue weighted by molar-refractivity contribution is 7.91. The lowest BCUT2D eigenvalue weighted by molar-refractivity contribution is -0.142. The van der Waals surface area contributed by atoms with Crippen molar-refractivity contribution in [3.8, 4) is 5.88 Å². The van der Waals surface area contributed by atoms with Gasteiger partial charge >= 0.3 is 6.09 Å². The Labute approximate surface area is 310 Å². The summed E-state index contributed by atoms with van der Waals surface area (Å²) in [7, 11) is -3.88. The topological polar surface area (TPSA) is 173 Å². The van der Waals surface area contributed by atoms with E-state index in [1.807, 2.05) is 36.4 Å². The van der Waals surface area contributed by atoms with Crippen LogP contribution >= 0.6 is 0 Å². The molecule has 3 heterocycles. The molecule has 2 aromatic rings. The number of hydrogen-bond acceptors (Lipinski definition) is 9. The molecule has 5 aliphatic rings. The Hall–Kier alpha value is -4.46. The SMILES string of the molecule is C=C[C@H]1C[C@]1(NC(=O)[C@@H]1C[C@@H]2CN1C(=O)[C@H](C1CCCCC1)NC(=O)OCCCCC/C=C/c1cc3ccccc3nc1O2)C(=O)NS(=O)(=O)C1CC1. The zero-order valence-corrected chi connectivity index (χ0v) is 30.8. The van der Waals surface area contributed by atoms with Crippen molar-refractivity contribution in [3.05, 3.63) is 54.6 Å². The highest BCUT2D eigenvalue weighted by Crippen LogP contribution is 2.45. The molecule has 3 N–H and O–H groups in total. The third-order valence-electron chi connectivity index (χ3n) is 11.3. The Morgan fingerprint density at radius 3 is 2.57 bits per heavy atom. The molecule has 14 heteroatoms. The number of cyclic esters (lactones) is 1. The van der Waals surface area contributed by atoms with E-state index in [2.05, 4.69) is 28.0 Å². The summed E-state index contributed by atoms with van der Waals surface area (Å²) in [4.78, 5) is 62.0. The molecule has 13 nitrogen and oxygen atoms in total. The number of nitrogens with one attached hydrogen (secondary N) is 3. The van der Waals surface area contributed by atoms with E-state index in [0.717, 1.165) is 67.8 Å². The van der Waals surface area contributed by atoms with Gasteiger partial charge in [0.25, 0.3) is 5.91 Å². The van der Waals surface area contributed by atoms with Crippen LogP contribution < -0.4 is 20.1 Å². The Kier molecular flexibility index (Phi) is 10.8. The number of sulfonamides is 1. The number of fused-ring (bicyclic) bond motifs is 4. The molecule has 4 fully saturated rings. The van der Waals surface area contributed by atoms with Gasteiger partial charge in [-0.2, -0.15) is 0 Å². The molecule has 53 heavy (non-hydrogen) atoms. The predicted molar refractivity (Wildman–Crippen MR) is 198 cm³/mol. The standard InChI is InChI=1S/C39H49N5O8S/c1-2-28-23-39(28,37(47)43-53(49,50)30-18-19-30)42-34(45)32-22-29-24-44(32)36(46)33(25-13-8-6-9-14-25)41-38(48)51-20-12-5-3-4-7-16-27-21-26-15-10-11-17-31(26)40-35(27)52-29/h2,7,10-11,15-17,21,25,28-30,32-33H,1,3-6,8-9,12-14,18-20,22-24H2,(H,41,48)(H,42,45)(H,43,47)/b16-7+/t28-,29+,32-,33-,39+/m0/s1. The fourth-order valence-electron chi connectivity index (χ4n) is 7.99. The van der Waals surface area contributed by atoms with Crippen LogP contribution in [0.15, 0.2) is 49.1 Å². The second-order valence-corrected chi connectivity index (χ2v) is 17.1. The zero-order chi connectivity index (χ0) is 37.2. The van der Waals surface area contributed by atoms with E-state index in [1.165, 1.54) is 11.0 Å². The van der Waals surface area contributed by atoms with Crippen LogP contribution in [0.2, 0.25) is 0 Å². The maximum absolute atomic E-state index is 14.7. The summed E-state index contributed by atoms with van der Waals surface area (Å²) < 4.78 is 39.8. The van der Waals surface area contributed by atoms with Crippen LogP contribution in [0.5, 0.6) is 5.88 Å². The van der Waals surface area contributed by atoms with E-state index in [-0.39, 0.29) is 31.9 Å². The summed E-state index contributed by atoms with van der Waals surface area (Å²) in [5.41, 5.74) is -0.0189. The van der Waals surface area contributed by atoms with Gasteiger partial charge in [-0.1, -0.05) is 55.7 Å². The number of aromatic nitrogens is 1. The number of carbonyl (C=O) groups excluding carboxylic acids is 4. The van der Waals surface area contributed by atoms with Gasteiger partial charge in [0, 0.05) is 23.3 Å². The average Bonchev–Trinajstić information content (AvgIpc) is 4.08. The van der Waals surface area contributed by atoms with Gasteiger partial charge in [0.2, 0.25) is 27.7 Å². The van der Waals surface area contributed by atoms with Crippen LogP contribution in [0, 0.1) is 11.8 Å². The fraction of sp³-hybridized carbons (Fsp3) is 0.564. The quantitative estimate of drug-likeness (QED) is 0.345.